The van der Waals surface area contributed by atoms with Crippen LogP contribution in [0.1, 0.15) is 28.2 Å². The molecule has 0 fully saturated rings. The predicted octanol–water partition coefficient (Wildman–Crippen LogP) is 4.10. The van der Waals surface area contributed by atoms with E-state index in [1.807, 2.05) is 44.3 Å². The number of aryl methyl sites for hydroxylation is 1. The van der Waals surface area contributed by atoms with Crippen molar-refractivity contribution in [2.75, 3.05) is 7.05 Å². The van der Waals surface area contributed by atoms with E-state index in [9.17, 15) is 18.0 Å². The van der Waals surface area contributed by atoms with E-state index in [0.717, 1.165) is 23.9 Å². The van der Waals surface area contributed by atoms with Gasteiger partial charge >= 0.3 is 6.18 Å². The second-order valence-electron chi connectivity index (χ2n) is 7.03. The predicted molar refractivity (Wildman–Crippen MR) is 104 cm³/mol. The molecule has 3 aromatic rings. The summed E-state index contributed by atoms with van der Waals surface area (Å²) >= 11 is 0. The van der Waals surface area contributed by atoms with Gasteiger partial charge in [-0.25, -0.2) is 4.98 Å². The molecule has 29 heavy (non-hydrogen) atoms. The zero-order valence-corrected chi connectivity index (χ0v) is 16.3. The standard InChI is InChI=1S/C21H21F3N4O/c1-13-5-4-6-17(25-13)12-28(3)11-15-7-9-16(10-8-15)19-26-18(21(22,23)24)14(2)20(29)27-19/h4-10H,11-12H2,1-3H3,(H,26,27,29). The summed E-state index contributed by atoms with van der Waals surface area (Å²) in [5, 5.41) is 0. The largest absolute Gasteiger partial charge is 0.433 e. The van der Waals surface area contributed by atoms with Crippen LogP contribution in [0.3, 0.4) is 0 Å². The molecule has 0 saturated carbocycles. The summed E-state index contributed by atoms with van der Waals surface area (Å²) in [6, 6.07) is 12.8. The minimum atomic E-state index is -4.68. The van der Waals surface area contributed by atoms with Crippen molar-refractivity contribution < 1.29 is 13.2 Å². The lowest BCUT2D eigenvalue weighted by Crippen LogP contribution is -2.21. The molecular weight excluding hydrogens is 381 g/mol. The first-order chi connectivity index (χ1) is 13.6. The fourth-order valence-electron chi connectivity index (χ4n) is 3.04. The summed E-state index contributed by atoms with van der Waals surface area (Å²) in [6.45, 7) is 4.36. The van der Waals surface area contributed by atoms with Gasteiger partial charge in [0.05, 0.1) is 5.69 Å². The van der Waals surface area contributed by atoms with Crippen LogP contribution in [-0.4, -0.2) is 26.9 Å². The zero-order valence-electron chi connectivity index (χ0n) is 16.3. The number of halogens is 3. The van der Waals surface area contributed by atoms with Gasteiger partial charge in [-0.05, 0) is 38.6 Å². The van der Waals surface area contributed by atoms with Crippen molar-refractivity contribution >= 4 is 0 Å². The fraction of sp³-hybridized carbons (Fsp3) is 0.286. The number of hydrogen-bond acceptors (Lipinski definition) is 4. The van der Waals surface area contributed by atoms with Crippen molar-refractivity contribution in [2.24, 2.45) is 0 Å². The molecule has 0 radical (unpaired) electrons. The number of rotatable bonds is 5. The summed E-state index contributed by atoms with van der Waals surface area (Å²) in [5.41, 5.74) is 0.920. The summed E-state index contributed by atoms with van der Waals surface area (Å²) < 4.78 is 39.3. The maximum absolute atomic E-state index is 13.1. The number of alkyl halides is 3. The van der Waals surface area contributed by atoms with Gasteiger partial charge in [0.2, 0.25) is 0 Å². The fourth-order valence-corrected chi connectivity index (χ4v) is 3.04. The highest BCUT2D eigenvalue weighted by Crippen LogP contribution is 2.30. The van der Waals surface area contributed by atoms with Crippen LogP contribution in [0, 0.1) is 13.8 Å². The van der Waals surface area contributed by atoms with Crippen molar-refractivity contribution in [2.45, 2.75) is 33.1 Å². The van der Waals surface area contributed by atoms with Gasteiger partial charge in [0.15, 0.2) is 5.69 Å². The van der Waals surface area contributed by atoms with Crippen LogP contribution in [-0.2, 0) is 19.3 Å². The lowest BCUT2D eigenvalue weighted by molar-refractivity contribution is -0.141. The number of aromatic amines is 1. The monoisotopic (exact) mass is 402 g/mol. The molecule has 152 valence electrons. The van der Waals surface area contributed by atoms with Gasteiger partial charge in [-0.15, -0.1) is 0 Å². The van der Waals surface area contributed by atoms with Crippen molar-refractivity contribution in [3.63, 3.8) is 0 Å². The van der Waals surface area contributed by atoms with E-state index >= 15 is 0 Å². The summed E-state index contributed by atoms with van der Waals surface area (Å²) in [4.78, 5) is 24.5. The molecule has 0 bridgehead atoms. The Balaban J connectivity index is 1.77. The van der Waals surface area contributed by atoms with E-state index in [1.165, 1.54) is 0 Å². The van der Waals surface area contributed by atoms with Gasteiger partial charge in [0.1, 0.15) is 5.82 Å². The molecule has 3 rings (SSSR count). The molecule has 1 N–H and O–H groups in total. The average Bonchev–Trinajstić information content (AvgIpc) is 2.63. The average molecular weight is 402 g/mol. The van der Waals surface area contributed by atoms with Gasteiger partial charge < -0.3 is 4.98 Å². The summed E-state index contributed by atoms with van der Waals surface area (Å²) in [7, 11) is 1.96. The number of aromatic nitrogens is 3. The van der Waals surface area contributed by atoms with Gasteiger partial charge in [0, 0.05) is 29.9 Å². The third-order valence-corrected chi connectivity index (χ3v) is 4.48. The van der Waals surface area contributed by atoms with Crippen LogP contribution >= 0.6 is 0 Å². The van der Waals surface area contributed by atoms with Gasteiger partial charge in [-0.2, -0.15) is 13.2 Å². The molecule has 5 nitrogen and oxygen atoms in total. The number of hydrogen-bond donors (Lipinski definition) is 1. The number of H-pyrrole nitrogens is 1. The Labute approximate surface area is 166 Å². The molecule has 8 heteroatoms. The Hall–Kier alpha value is -3.00. The Morgan fingerprint density at radius 2 is 1.69 bits per heavy atom. The van der Waals surface area contributed by atoms with Crippen LogP contribution in [0.4, 0.5) is 13.2 Å². The van der Waals surface area contributed by atoms with E-state index in [2.05, 4.69) is 19.9 Å². The molecule has 0 spiro atoms. The van der Waals surface area contributed by atoms with E-state index < -0.39 is 23.0 Å². The van der Waals surface area contributed by atoms with Gasteiger partial charge in [-0.1, -0.05) is 30.3 Å². The lowest BCUT2D eigenvalue weighted by atomic mass is 10.1. The van der Waals surface area contributed by atoms with Gasteiger partial charge in [-0.3, -0.25) is 14.7 Å². The zero-order chi connectivity index (χ0) is 21.2. The van der Waals surface area contributed by atoms with Crippen molar-refractivity contribution in [1.29, 1.82) is 0 Å². The maximum Gasteiger partial charge on any atom is 0.433 e. The Kier molecular flexibility index (Phi) is 5.83. The molecule has 0 aliphatic heterocycles. The number of nitrogens with zero attached hydrogens (tertiary/aromatic N) is 3. The van der Waals surface area contributed by atoms with E-state index in [1.54, 1.807) is 12.1 Å². The second kappa shape index (κ2) is 8.16. The summed E-state index contributed by atoms with van der Waals surface area (Å²) in [5.74, 6) is -0.100. The lowest BCUT2D eigenvalue weighted by Gasteiger charge is -2.17. The Bertz CT molecular complexity index is 1060. The maximum atomic E-state index is 13.1. The highest BCUT2D eigenvalue weighted by Gasteiger charge is 2.36. The SMILES string of the molecule is Cc1cccc(CN(C)Cc2ccc(-c3nc(C(F)(F)F)c(C)c(=O)[nH]3)cc2)n1. The minimum absolute atomic E-state index is 0.100. The van der Waals surface area contributed by atoms with Crippen LogP contribution in [0.15, 0.2) is 47.3 Å². The topological polar surface area (TPSA) is 61.9 Å². The first-order valence-corrected chi connectivity index (χ1v) is 9.02. The molecule has 1 aromatic carbocycles. The van der Waals surface area contributed by atoms with Crippen molar-refractivity contribution in [3.8, 4) is 11.4 Å². The minimum Gasteiger partial charge on any atom is -0.306 e. The van der Waals surface area contributed by atoms with E-state index in [-0.39, 0.29) is 5.82 Å². The highest BCUT2D eigenvalue weighted by molar-refractivity contribution is 5.55. The second-order valence-corrected chi connectivity index (χ2v) is 7.03. The molecule has 0 aliphatic rings. The molecule has 0 unspecified atom stereocenters. The molecular formula is C21H21F3N4O. The first kappa shape index (κ1) is 20.7. The summed E-state index contributed by atoms with van der Waals surface area (Å²) in [6.07, 6.45) is -4.68. The quantitative estimate of drug-likeness (QED) is 0.698. The third kappa shape index (κ3) is 5.08. The van der Waals surface area contributed by atoms with Crippen LogP contribution in [0.2, 0.25) is 0 Å². The molecule has 2 aromatic heterocycles. The normalized spacial score (nSPS) is 11.8. The Morgan fingerprint density at radius 1 is 1.00 bits per heavy atom. The van der Waals surface area contributed by atoms with Gasteiger partial charge in [0.25, 0.3) is 5.56 Å². The van der Waals surface area contributed by atoms with E-state index in [0.29, 0.717) is 18.7 Å². The molecule has 0 saturated heterocycles. The van der Waals surface area contributed by atoms with Crippen molar-refractivity contribution in [3.05, 3.63) is 81.0 Å². The first-order valence-electron chi connectivity index (χ1n) is 9.02. The number of pyridine rings is 1. The molecule has 2 heterocycles. The number of nitrogens with one attached hydrogen (secondary N) is 1. The molecule has 0 aliphatic carbocycles. The molecule has 0 amide bonds. The van der Waals surface area contributed by atoms with Crippen LogP contribution in [0.25, 0.3) is 11.4 Å². The van der Waals surface area contributed by atoms with Crippen LogP contribution in [0.5, 0.6) is 0 Å². The highest BCUT2D eigenvalue weighted by atomic mass is 19.4. The van der Waals surface area contributed by atoms with Crippen LogP contribution < -0.4 is 5.56 Å². The number of benzene rings is 1. The third-order valence-electron chi connectivity index (χ3n) is 4.48. The Morgan fingerprint density at radius 3 is 2.31 bits per heavy atom. The molecule has 0 atom stereocenters. The van der Waals surface area contributed by atoms with Crippen molar-refractivity contribution in [1.82, 2.24) is 19.9 Å². The smallest absolute Gasteiger partial charge is 0.306 e. The van der Waals surface area contributed by atoms with E-state index in [4.69, 9.17) is 0 Å².